The number of H-pyrrole nitrogens is 1. The highest BCUT2D eigenvalue weighted by atomic mass is 16.5. The Morgan fingerprint density at radius 1 is 1.24 bits per heavy atom. The maximum atomic E-state index is 5.43. The molecule has 1 aromatic rings. The van der Waals surface area contributed by atoms with Crippen LogP contribution in [0.1, 0.15) is 56.7 Å². The van der Waals surface area contributed by atoms with Crippen LogP contribution in [0.5, 0.6) is 0 Å². The predicted octanol–water partition coefficient (Wildman–Crippen LogP) is 2.58. The van der Waals surface area contributed by atoms with Crippen LogP contribution in [-0.4, -0.2) is 52.9 Å². The van der Waals surface area contributed by atoms with E-state index >= 15 is 0 Å². The lowest BCUT2D eigenvalue weighted by Gasteiger charge is -2.31. The number of unbranched alkanes of at least 4 members (excludes halogenated alkanes) is 1. The van der Waals surface area contributed by atoms with Crippen LogP contribution >= 0.6 is 0 Å². The minimum Gasteiger partial charge on any atom is -0.381 e. The standard InChI is InChI=1S/C16H28N4O/c1(4-14-6-10-21-11-7-14)2-8-20-9-3-5-15(12-20)16-17-13-18-19-16/h13-15H,1-12H2,(H,17,18,19)/t15-/m1/s1. The van der Waals surface area contributed by atoms with E-state index in [2.05, 4.69) is 20.1 Å². The normalized spacial score (nSPS) is 25.2. The number of ether oxygens (including phenoxy) is 1. The number of aromatic nitrogens is 3. The van der Waals surface area contributed by atoms with E-state index in [1.165, 1.54) is 58.0 Å². The molecule has 0 spiro atoms. The molecule has 21 heavy (non-hydrogen) atoms. The number of aromatic amines is 1. The van der Waals surface area contributed by atoms with Crippen LogP contribution < -0.4 is 0 Å². The summed E-state index contributed by atoms with van der Waals surface area (Å²) in [7, 11) is 0. The second-order valence-corrected chi connectivity index (χ2v) is 6.56. The molecule has 1 N–H and O–H groups in total. The van der Waals surface area contributed by atoms with Crippen LogP contribution in [-0.2, 0) is 4.74 Å². The summed E-state index contributed by atoms with van der Waals surface area (Å²) in [6, 6.07) is 0. The zero-order valence-corrected chi connectivity index (χ0v) is 13.0. The highest BCUT2D eigenvalue weighted by molar-refractivity contribution is 4.96. The van der Waals surface area contributed by atoms with Crippen molar-refractivity contribution in [3.05, 3.63) is 12.2 Å². The molecule has 0 aromatic carbocycles. The van der Waals surface area contributed by atoms with E-state index in [0.29, 0.717) is 5.92 Å². The molecule has 5 heteroatoms. The molecule has 0 amide bonds. The molecule has 1 aromatic heterocycles. The summed E-state index contributed by atoms with van der Waals surface area (Å²) < 4.78 is 5.43. The molecule has 0 saturated carbocycles. The predicted molar refractivity (Wildman–Crippen MR) is 82.2 cm³/mol. The van der Waals surface area contributed by atoms with Crippen molar-refractivity contribution in [3.8, 4) is 0 Å². The van der Waals surface area contributed by atoms with Gasteiger partial charge in [-0.3, -0.25) is 5.10 Å². The van der Waals surface area contributed by atoms with Gasteiger partial charge in [-0.2, -0.15) is 5.10 Å². The summed E-state index contributed by atoms with van der Waals surface area (Å²) in [5.41, 5.74) is 0. The Morgan fingerprint density at radius 3 is 2.95 bits per heavy atom. The third-order valence-corrected chi connectivity index (χ3v) is 5.00. The minimum absolute atomic E-state index is 0.553. The molecule has 0 aliphatic carbocycles. The molecular weight excluding hydrogens is 264 g/mol. The molecule has 5 nitrogen and oxygen atoms in total. The smallest absolute Gasteiger partial charge is 0.137 e. The van der Waals surface area contributed by atoms with Crippen molar-refractivity contribution in [3.63, 3.8) is 0 Å². The largest absolute Gasteiger partial charge is 0.381 e. The third kappa shape index (κ3) is 4.51. The van der Waals surface area contributed by atoms with Crippen molar-refractivity contribution in [1.29, 1.82) is 0 Å². The SMILES string of the molecule is c1n[nH]c([C@@H]2CCCN(CCCCC3CCOCC3)C2)n1. The van der Waals surface area contributed by atoms with Crippen molar-refractivity contribution < 1.29 is 4.74 Å². The van der Waals surface area contributed by atoms with Gasteiger partial charge in [0.15, 0.2) is 0 Å². The van der Waals surface area contributed by atoms with E-state index in [0.717, 1.165) is 31.5 Å². The molecule has 1 atom stereocenters. The fourth-order valence-corrected chi connectivity index (χ4v) is 3.70. The second kappa shape index (κ2) is 7.90. The molecule has 0 radical (unpaired) electrons. The van der Waals surface area contributed by atoms with Gasteiger partial charge in [-0.15, -0.1) is 0 Å². The first-order chi connectivity index (χ1) is 10.4. The summed E-state index contributed by atoms with van der Waals surface area (Å²) in [6.45, 7) is 5.60. The number of nitrogens with one attached hydrogen (secondary N) is 1. The van der Waals surface area contributed by atoms with Crippen LogP contribution in [0.15, 0.2) is 6.33 Å². The lowest BCUT2D eigenvalue weighted by Crippen LogP contribution is -2.35. The van der Waals surface area contributed by atoms with E-state index in [1.807, 2.05) is 0 Å². The summed E-state index contributed by atoms with van der Waals surface area (Å²) in [5, 5.41) is 7.02. The molecular formula is C16H28N4O. The highest BCUT2D eigenvalue weighted by Crippen LogP contribution is 2.25. The number of hydrogen-bond donors (Lipinski definition) is 1. The molecule has 3 heterocycles. The van der Waals surface area contributed by atoms with Gasteiger partial charge >= 0.3 is 0 Å². The summed E-state index contributed by atoms with van der Waals surface area (Å²) in [4.78, 5) is 6.94. The Bertz CT molecular complexity index is 389. The van der Waals surface area contributed by atoms with E-state index in [9.17, 15) is 0 Å². The Balaban J connectivity index is 1.33. The zero-order chi connectivity index (χ0) is 14.3. The minimum atomic E-state index is 0.553. The molecule has 118 valence electrons. The van der Waals surface area contributed by atoms with Crippen molar-refractivity contribution in [2.75, 3.05) is 32.8 Å². The molecule has 2 saturated heterocycles. The monoisotopic (exact) mass is 292 g/mol. The Kier molecular flexibility index (Phi) is 5.63. The molecule has 2 aliphatic heterocycles. The quantitative estimate of drug-likeness (QED) is 0.819. The first kappa shape index (κ1) is 15.0. The van der Waals surface area contributed by atoms with Crippen LogP contribution in [0.2, 0.25) is 0 Å². The Morgan fingerprint density at radius 2 is 2.14 bits per heavy atom. The lowest BCUT2D eigenvalue weighted by molar-refractivity contribution is 0.0627. The maximum Gasteiger partial charge on any atom is 0.137 e. The lowest BCUT2D eigenvalue weighted by atomic mass is 9.93. The summed E-state index contributed by atoms with van der Waals surface area (Å²) in [5.74, 6) is 2.54. The van der Waals surface area contributed by atoms with Gasteiger partial charge in [-0.05, 0) is 51.1 Å². The van der Waals surface area contributed by atoms with Crippen molar-refractivity contribution in [2.45, 2.75) is 50.9 Å². The van der Waals surface area contributed by atoms with Crippen molar-refractivity contribution in [1.82, 2.24) is 20.1 Å². The fourth-order valence-electron chi connectivity index (χ4n) is 3.70. The van der Waals surface area contributed by atoms with Crippen LogP contribution in [0.3, 0.4) is 0 Å². The number of likely N-dealkylation sites (tertiary alicyclic amines) is 1. The average molecular weight is 292 g/mol. The molecule has 3 rings (SSSR count). The molecule has 2 fully saturated rings. The average Bonchev–Trinajstić information content (AvgIpc) is 3.07. The van der Waals surface area contributed by atoms with Crippen LogP contribution in [0.4, 0.5) is 0 Å². The summed E-state index contributed by atoms with van der Waals surface area (Å²) >= 11 is 0. The first-order valence-corrected chi connectivity index (χ1v) is 8.57. The molecule has 0 unspecified atom stereocenters. The Hall–Kier alpha value is -0.940. The number of piperidine rings is 1. The van der Waals surface area contributed by atoms with Crippen LogP contribution in [0.25, 0.3) is 0 Å². The van der Waals surface area contributed by atoms with Gasteiger partial charge in [0.2, 0.25) is 0 Å². The van der Waals surface area contributed by atoms with Gasteiger partial charge in [0, 0.05) is 25.7 Å². The maximum absolute atomic E-state index is 5.43. The highest BCUT2D eigenvalue weighted by Gasteiger charge is 2.23. The topological polar surface area (TPSA) is 54.0 Å². The summed E-state index contributed by atoms with van der Waals surface area (Å²) in [6.07, 6.45) is 10.8. The van der Waals surface area contributed by atoms with Gasteiger partial charge in [0.25, 0.3) is 0 Å². The van der Waals surface area contributed by atoms with Crippen LogP contribution in [0, 0.1) is 5.92 Å². The van der Waals surface area contributed by atoms with Gasteiger partial charge in [0.05, 0.1) is 0 Å². The van der Waals surface area contributed by atoms with E-state index < -0.39 is 0 Å². The van der Waals surface area contributed by atoms with Gasteiger partial charge in [-0.25, -0.2) is 4.98 Å². The first-order valence-electron chi connectivity index (χ1n) is 8.57. The molecule has 0 bridgehead atoms. The van der Waals surface area contributed by atoms with Gasteiger partial charge in [-0.1, -0.05) is 12.8 Å². The zero-order valence-electron chi connectivity index (χ0n) is 13.0. The Labute approximate surface area is 127 Å². The number of nitrogens with zero attached hydrogens (tertiary/aromatic N) is 3. The number of hydrogen-bond acceptors (Lipinski definition) is 4. The van der Waals surface area contributed by atoms with E-state index in [4.69, 9.17) is 4.74 Å². The van der Waals surface area contributed by atoms with E-state index in [-0.39, 0.29) is 0 Å². The van der Waals surface area contributed by atoms with E-state index in [1.54, 1.807) is 6.33 Å². The van der Waals surface area contributed by atoms with Gasteiger partial charge < -0.3 is 9.64 Å². The number of rotatable bonds is 6. The van der Waals surface area contributed by atoms with Crippen molar-refractivity contribution >= 4 is 0 Å². The fraction of sp³-hybridized carbons (Fsp3) is 0.875. The van der Waals surface area contributed by atoms with Gasteiger partial charge in [0.1, 0.15) is 12.2 Å². The van der Waals surface area contributed by atoms with Crippen molar-refractivity contribution in [2.24, 2.45) is 5.92 Å². The second-order valence-electron chi connectivity index (χ2n) is 6.56. The molecule has 2 aliphatic rings. The third-order valence-electron chi connectivity index (χ3n) is 5.00.